The molecule has 0 saturated heterocycles. The summed E-state index contributed by atoms with van der Waals surface area (Å²) in [5.41, 5.74) is 3.86. The molecule has 0 spiro atoms. The van der Waals surface area contributed by atoms with E-state index in [1.54, 1.807) is 0 Å². The highest BCUT2D eigenvalue weighted by atomic mass is 19.1. The largest absolute Gasteiger partial charge is 0.392 e. The Kier molecular flexibility index (Phi) is 4.08. The molecule has 3 N–H and O–H groups in total. The number of carbonyl (C=O) groups excluding carboxylic acids is 1. The van der Waals surface area contributed by atoms with Crippen molar-refractivity contribution in [3.63, 3.8) is 0 Å². The number of rotatable bonds is 3. The lowest BCUT2D eigenvalue weighted by Crippen LogP contribution is -2.33. The van der Waals surface area contributed by atoms with E-state index in [4.69, 9.17) is 5.73 Å². The van der Waals surface area contributed by atoms with Crippen LogP contribution in [0.5, 0.6) is 0 Å². The molecule has 0 aliphatic carbocycles. The van der Waals surface area contributed by atoms with Gasteiger partial charge in [-0.1, -0.05) is 20.8 Å². The van der Waals surface area contributed by atoms with Crippen LogP contribution in [0.25, 0.3) is 0 Å². The summed E-state index contributed by atoms with van der Waals surface area (Å²) in [5, 5.41) is 13.2. The molecule has 0 fully saturated rings. The number of amides is 1. The molecule has 0 radical (unpaired) electrons. The summed E-state index contributed by atoms with van der Waals surface area (Å²) >= 11 is 0. The fraction of sp³-hybridized carbons (Fsp3) is 0.417. The normalized spacial score (nSPS) is 11.2. The van der Waals surface area contributed by atoms with E-state index in [0.29, 0.717) is 6.54 Å². The number of nitrogens with zero attached hydrogens (tertiary/aromatic N) is 1. The van der Waals surface area contributed by atoms with Crippen molar-refractivity contribution >= 4 is 17.3 Å². The molecule has 0 aromatic heterocycles. The Hall–Kier alpha value is -2.18. The first-order chi connectivity index (χ1) is 8.63. The van der Waals surface area contributed by atoms with Crippen LogP contribution in [0.15, 0.2) is 12.1 Å². The molecule has 0 saturated carbocycles. The first-order valence-corrected chi connectivity index (χ1v) is 5.64. The molecule has 6 nitrogen and oxygen atoms in total. The van der Waals surface area contributed by atoms with Gasteiger partial charge in [0.1, 0.15) is 17.1 Å². The molecular weight excluding hydrogens is 253 g/mol. The van der Waals surface area contributed by atoms with Gasteiger partial charge in [-0.25, -0.2) is 4.39 Å². The second-order valence-corrected chi connectivity index (χ2v) is 5.36. The predicted molar refractivity (Wildman–Crippen MR) is 69.3 cm³/mol. The number of nitrogens with one attached hydrogen (secondary N) is 1. The number of nitrogen functional groups attached to an aromatic ring is 1. The standard InChI is InChI=1S/C12H16FN3O3/c1-12(2,3)6-15-11(17)9-7(13)4-5-8(10(9)14)16(18)19/h4-5H,6,14H2,1-3H3,(H,15,17). The van der Waals surface area contributed by atoms with Crippen LogP contribution in [0.1, 0.15) is 31.1 Å². The van der Waals surface area contributed by atoms with Gasteiger partial charge in [-0.15, -0.1) is 0 Å². The van der Waals surface area contributed by atoms with E-state index in [9.17, 15) is 19.3 Å². The molecule has 0 atom stereocenters. The van der Waals surface area contributed by atoms with Crippen LogP contribution < -0.4 is 11.1 Å². The summed E-state index contributed by atoms with van der Waals surface area (Å²) in [6, 6.07) is 1.80. The van der Waals surface area contributed by atoms with E-state index < -0.39 is 33.6 Å². The van der Waals surface area contributed by atoms with Crippen molar-refractivity contribution in [3.8, 4) is 0 Å². The van der Waals surface area contributed by atoms with E-state index in [1.165, 1.54) is 0 Å². The minimum Gasteiger partial charge on any atom is -0.392 e. The summed E-state index contributed by atoms with van der Waals surface area (Å²) in [5.74, 6) is -1.64. The van der Waals surface area contributed by atoms with Crippen LogP contribution in [-0.4, -0.2) is 17.4 Å². The van der Waals surface area contributed by atoms with Crippen molar-refractivity contribution in [2.45, 2.75) is 20.8 Å². The number of hydrogen-bond acceptors (Lipinski definition) is 4. The Morgan fingerprint density at radius 2 is 2.05 bits per heavy atom. The summed E-state index contributed by atoms with van der Waals surface area (Å²) < 4.78 is 13.6. The SMILES string of the molecule is CC(C)(C)CNC(=O)c1c(F)ccc([N+](=O)[O-])c1N. The zero-order valence-corrected chi connectivity index (χ0v) is 11.0. The lowest BCUT2D eigenvalue weighted by molar-refractivity contribution is -0.384. The van der Waals surface area contributed by atoms with Gasteiger partial charge >= 0.3 is 0 Å². The molecule has 7 heteroatoms. The molecule has 1 aromatic rings. The van der Waals surface area contributed by atoms with Gasteiger partial charge in [0.15, 0.2) is 0 Å². The zero-order chi connectivity index (χ0) is 14.8. The first kappa shape index (κ1) is 14.9. The average molecular weight is 269 g/mol. The molecule has 0 bridgehead atoms. The number of nitro benzene ring substituents is 1. The van der Waals surface area contributed by atoms with Gasteiger partial charge in [-0.2, -0.15) is 0 Å². The third kappa shape index (κ3) is 3.64. The van der Waals surface area contributed by atoms with Crippen molar-refractivity contribution in [2.24, 2.45) is 5.41 Å². The number of hydrogen-bond donors (Lipinski definition) is 2. The highest BCUT2D eigenvalue weighted by Crippen LogP contribution is 2.27. The average Bonchev–Trinajstić information content (AvgIpc) is 2.24. The molecular formula is C12H16FN3O3. The van der Waals surface area contributed by atoms with E-state index >= 15 is 0 Å². The molecule has 0 aliphatic rings. The summed E-state index contributed by atoms with van der Waals surface area (Å²) in [7, 11) is 0. The molecule has 0 aliphatic heterocycles. The maximum Gasteiger partial charge on any atom is 0.293 e. The lowest BCUT2D eigenvalue weighted by atomic mass is 9.97. The second-order valence-electron chi connectivity index (χ2n) is 5.36. The van der Waals surface area contributed by atoms with Crippen LogP contribution in [-0.2, 0) is 0 Å². The zero-order valence-electron chi connectivity index (χ0n) is 11.0. The smallest absolute Gasteiger partial charge is 0.293 e. The fourth-order valence-electron chi connectivity index (χ4n) is 1.41. The predicted octanol–water partition coefficient (Wildman–Crippen LogP) is 2.09. The number of nitro groups is 1. The van der Waals surface area contributed by atoms with Crippen molar-refractivity contribution in [1.82, 2.24) is 5.32 Å². The maximum atomic E-state index is 13.6. The Bertz CT molecular complexity index is 524. The monoisotopic (exact) mass is 269 g/mol. The van der Waals surface area contributed by atoms with E-state index in [-0.39, 0.29) is 5.41 Å². The van der Waals surface area contributed by atoms with Crippen molar-refractivity contribution in [2.75, 3.05) is 12.3 Å². The molecule has 0 unspecified atom stereocenters. The molecule has 1 rings (SSSR count). The maximum absolute atomic E-state index is 13.6. The number of nitrogens with two attached hydrogens (primary N) is 1. The molecule has 0 heterocycles. The number of anilines is 1. The van der Waals surface area contributed by atoms with Crippen molar-refractivity contribution < 1.29 is 14.1 Å². The van der Waals surface area contributed by atoms with Gasteiger partial charge in [0.2, 0.25) is 0 Å². The summed E-state index contributed by atoms with van der Waals surface area (Å²) in [4.78, 5) is 21.8. The van der Waals surface area contributed by atoms with Crippen LogP contribution in [0.2, 0.25) is 0 Å². The van der Waals surface area contributed by atoms with Crippen LogP contribution in [0.4, 0.5) is 15.8 Å². The van der Waals surface area contributed by atoms with Gasteiger partial charge in [0.05, 0.1) is 4.92 Å². The van der Waals surface area contributed by atoms with Gasteiger partial charge in [-0.3, -0.25) is 14.9 Å². The minimum absolute atomic E-state index is 0.193. The van der Waals surface area contributed by atoms with Crippen molar-refractivity contribution in [3.05, 3.63) is 33.6 Å². The topological polar surface area (TPSA) is 98.3 Å². The Morgan fingerprint density at radius 3 is 2.53 bits per heavy atom. The molecule has 1 amide bonds. The fourth-order valence-corrected chi connectivity index (χ4v) is 1.41. The third-order valence-electron chi connectivity index (χ3n) is 2.37. The number of benzene rings is 1. The highest BCUT2D eigenvalue weighted by Gasteiger charge is 2.24. The van der Waals surface area contributed by atoms with Crippen molar-refractivity contribution in [1.29, 1.82) is 0 Å². The van der Waals surface area contributed by atoms with Crippen LogP contribution in [0, 0.1) is 21.3 Å². The summed E-state index contributed by atoms with van der Waals surface area (Å²) in [6.45, 7) is 5.97. The third-order valence-corrected chi connectivity index (χ3v) is 2.37. The Balaban J connectivity index is 3.09. The minimum atomic E-state index is -0.880. The Morgan fingerprint density at radius 1 is 1.47 bits per heavy atom. The van der Waals surface area contributed by atoms with E-state index in [2.05, 4.69) is 5.32 Å². The van der Waals surface area contributed by atoms with Gasteiger partial charge in [0, 0.05) is 12.6 Å². The molecule has 104 valence electrons. The molecule has 1 aromatic carbocycles. The van der Waals surface area contributed by atoms with Gasteiger partial charge in [-0.05, 0) is 11.5 Å². The molecule has 19 heavy (non-hydrogen) atoms. The summed E-state index contributed by atoms with van der Waals surface area (Å²) in [6.07, 6.45) is 0. The Labute approximate surface area is 109 Å². The van der Waals surface area contributed by atoms with Crippen LogP contribution >= 0.6 is 0 Å². The highest BCUT2D eigenvalue weighted by molar-refractivity contribution is 6.01. The quantitative estimate of drug-likeness (QED) is 0.498. The first-order valence-electron chi connectivity index (χ1n) is 5.64. The number of carbonyl (C=O) groups is 1. The van der Waals surface area contributed by atoms with E-state index in [1.807, 2.05) is 20.8 Å². The lowest BCUT2D eigenvalue weighted by Gasteiger charge is -2.19. The number of halogens is 1. The van der Waals surface area contributed by atoms with Crippen LogP contribution in [0.3, 0.4) is 0 Å². The van der Waals surface area contributed by atoms with E-state index in [0.717, 1.165) is 12.1 Å². The second kappa shape index (κ2) is 5.21. The van der Waals surface area contributed by atoms with Gasteiger partial charge in [0.25, 0.3) is 11.6 Å². The van der Waals surface area contributed by atoms with Gasteiger partial charge < -0.3 is 11.1 Å².